The number of halogens is 4. The molecule has 0 aliphatic heterocycles. The first-order valence-electron chi connectivity index (χ1n) is 11.8. The maximum atomic E-state index is 13.3. The van der Waals surface area contributed by atoms with Gasteiger partial charge in [-0.25, -0.2) is 4.98 Å². The molecule has 0 saturated heterocycles. The van der Waals surface area contributed by atoms with Gasteiger partial charge in [-0.1, -0.05) is 23.7 Å². The molecule has 3 aromatic carbocycles. The Labute approximate surface area is 216 Å². The minimum absolute atomic E-state index is 0.262. The van der Waals surface area contributed by atoms with Crippen LogP contribution in [-0.2, 0) is 12.7 Å². The highest BCUT2D eigenvalue weighted by Gasteiger charge is 2.31. The van der Waals surface area contributed by atoms with Crippen molar-refractivity contribution in [2.45, 2.75) is 38.0 Å². The van der Waals surface area contributed by atoms with Gasteiger partial charge >= 0.3 is 6.18 Å². The molecule has 0 atom stereocenters. The summed E-state index contributed by atoms with van der Waals surface area (Å²) in [6.07, 6.45) is -1.32. The highest BCUT2D eigenvalue weighted by atomic mass is 35.5. The Hall–Kier alpha value is -3.85. The number of nitrogens with zero attached hydrogens (tertiary/aromatic N) is 2. The maximum absolute atomic E-state index is 13.3. The van der Waals surface area contributed by atoms with Crippen LogP contribution < -0.4 is 16.0 Å². The van der Waals surface area contributed by atoms with Crippen LogP contribution in [-0.4, -0.2) is 21.9 Å². The van der Waals surface area contributed by atoms with Crippen molar-refractivity contribution in [1.82, 2.24) is 9.97 Å². The minimum Gasteiger partial charge on any atom is -0.365 e. The molecule has 190 valence electrons. The summed E-state index contributed by atoms with van der Waals surface area (Å²) in [4.78, 5) is 21.3. The molecule has 1 aliphatic rings. The third-order valence-electron chi connectivity index (χ3n) is 6.24. The number of nitrogens with one attached hydrogen (secondary N) is 3. The van der Waals surface area contributed by atoms with Gasteiger partial charge in [-0.2, -0.15) is 18.2 Å². The van der Waals surface area contributed by atoms with Crippen molar-refractivity contribution in [2.24, 2.45) is 0 Å². The maximum Gasteiger partial charge on any atom is 0.416 e. The number of fused-ring (bicyclic) bond motifs is 1. The fraction of sp³-hybridized carbons (Fsp3) is 0.222. The lowest BCUT2D eigenvalue weighted by atomic mass is 9.93. The van der Waals surface area contributed by atoms with Crippen LogP contribution in [0.15, 0.2) is 66.7 Å². The van der Waals surface area contributed by atoms with E-state index in [9.17, 15) is 18.0 Å². The zero-order valence-electron chi connectivity index (χ0n) is 19.6. The molecule has 37 heavy (non-hydrogen) atoms. The second-order valence-electron chi connectivity index (χ2n) is 8.91. The number of aromatic nitrogens is 2. The number of alkyl halides is 3. The van der Waals surface area contributed by atoms with Gasteiger partial charge in [-0.3, -0.25) is 4.79 Å². The Morgan fingerprint density at radius 2 is 1.70 bits per heavy atom. The molecule has 1 heterocycles. The van der Waals surface area contributed by atoms with Crippen molar-refractivity contribution in [3.05, 3.63) is 88.4 Å². The number of benzene rings is 3. The van der Waals surface area contributed by atoms with Crippen LogP contribution in [0, 0.1) is 0 Å². The number of amides is 1. The van der Waals surface area contributed by atoms with Gasteiger partial charge in [0.2, 0.25) is 5.95 Å². The second kappa shape index (κ2) is 10.3. The number of rotatable bonds is 7. The summed E-state index contributed by atoms with van der Waals surface area (Å²) in [5.41, 5.74) is 1.62. The fourth-order valence-electron chi connectivity index (χ4n) is 3.94. The first-order valence-corrected chi connectivity index (χ1v) is 12.2. The van der Waals surface area contributed by atoms with E-state index in [1.165, 1.54) is 6.07 Å². The van der Waals surface area contributed by atoms with Gasteiger partial charge in [-0.05, 0) is 79.4 Å². The molecular formula is C27H23ClF3N5O. The van der Waals surface area contributed by atoms with E-state index in [-0.39, 0.29) is 11.9 Å². The molecule has 0 spiro atoms. The minimum atomic E-state index is -4.47. The summed E-state index contributed by atoms with van der Waals surface area (Å²) in [5.74, 6) is 0.444. The molecule has 1 saturated carbocycles. The molecule has 10 heteroatoms. The SMILES string of the molecule is O=C(Nc1ccc(CNc2nc(NC3CCC3)nc3ccc(C(F)(F)F)cc23)cc1)c1ccc(Cl)cc1. The number of carbonyl (C=O) groups is 1. The van der Waals surface area contributed by atoms with E-state index in [1.807, 2.05) is 12.1 Å². The van der Waals surface area contributed by atoms with Gasteiger partial charge in [0.05, 0.1) is 11.1 Å². The normalized spacial score (nSPS) is 13.7. The first kappa shape index (κ1) is 24.8. The van der Waals surface area contributed by atoms with E-state index < -0.39 is 11.7 Å². The molecule has 4 aromatic rings. The molecule has 5 rings (SSSR count). The number of hydrogen-bond donors (Lipinski definition) is 3. The third kappa shape index (κ3) is 5.94. The van der Waals surface area contributed by atoms with E-state index in [0.29, 0.717) is 45.5 Å². The number of hydrogen-bond acceptors (Lipinski definition) is 5. The molecule has 6 nitrogen and oxygen atoms in total. The summed E-state index contributed by atoms with van der Waals surface area (Å²) in [6, 6.07) is 17.5. The van der Waals surface area contributed by atoms with Crippen LogP contribution in [0.2, 0.25) is 5.02 Å². The molecule has 1 aromatic heterocycles. The Kier molecular flexibility index (Phi) is 6.88. The highest BCUT2D eigenvalue weighted by molar-refractivity contribution is 6.30. The van der Waals surface area contributed by atoms with Crippen molar-refractivity contribution in [1.29, 1.82) is 0 Å². The fourth-order valence-corrected chi connectivity index (χ4v) is 4.06. The Bertz CT molecular complexity index is 1420. The molecule has 3 N–H and O–H groups in total. The largest absolute Gasteiger partial charge is 0.416 e. The van der Waals surface area contributed by atoms with Crippen molar-refractivity contribution in [3.8, 4) is 0 Å². The Morgan fingerprint density at radius 3 is 2.35 bits per heavy atom. The van der Waals surface area contributed by atoms with E-state index in [1.54, 1.807) is 36.4 Å². The summed E-state index contributed by atoms with van der Waals surface area (Å²) >= 11 is 5.87. The zero-order valence-corrected chi connectivity index (χ0v) is 20.3. The summed E-state index contributed by atoms with van der Waals surface area (Å²) in [7, 11) is 0. The molecular weight excluding hydrogens is 503 g/mol. The smallest absolute Gasteiger partial charge is 0.365 e. The lowest BCUT2D eigenvalue weighted by Crippen LogP contribution is -2.28. The number of carbonyl (C=O) groups excluding carboxylic acids is 1. The van der Waals surface area contributed by atoms with Crippen LogP contribution >= 0.6 is 11.6 Å². The first-order chi connectivity index (χ1) is 17.7. The quantitative estimate of drug-likeness (QED) is 0.239. The van der Waals surface area contributed by atoms with Gasteiger partial charge in [-0.15, -0.1) is 0 Å². The van der Waals surface area contributed by atoms with Crippen molar-refractivity contribution in [3.63, 3.8) is 0 Å². The lowest BCUT2D eigenvalue weighted by molar-refractivity contribution is -0.137. The zero-order chi connectivity index (χ0) is 26.0. The van der Waals surface area contributed by atoms with Crippen LogP contribution in [0.4, 0.5) is 30.6 Å². The summed E-state index contributed by atoms with van der Waals surface area (Å²) in [5, 5.41) is 10.1. The summed E-state index contributed by atoms with van der Waals surface area (Å²) in [6.45, 7) is 0.316. The van der Waals surface area contributed by atoms with E-state index in [4.69, 9.17) is 11.6 Å². The molecule has 0 unspecified atom stereocenters. The van der Waals surface area contributed by atoms with Gasteiger partial charge in [0.25, 0.3) is 5.91 Å². The van der Waals surface area contributed by atoms with Crippen molar-refractivity contribution < 1.29 is 18.0 Å². The molecule has 1 aliphatic carbocycles. The van der Waals surface area contributed by atoms with Gasteiger partial charge in [0.15, 0.2) is 0 Å². The average Bonchev–Trinajstić information content (AvgIpc) is 2.85. The van der Waals surface area contributed by atoms with E-state index in [2.05, 4.69) is 25.9 Å². The average molecular weight is 526 g/mol. The third-order valence-corrected chi connectivity index (χ3v) is 6.49. The predicted molar refractivity (Wildman–Crippen MR) is 139 cm³/mol. The monoisotopic (exact) mass is 525 g/mol. The second-order valence-corrected chi connectivity index (χ2v) is 9.35. The van der Waals surface area contributed by atoms with E-state index >= 15 is 0 Å². The number of anilines is 3. The predicted octanol–water partition coefficient (Wildman–Crippen LogP) is 7.13. The molecule has 1 fully saturated rings. The van der Waals surface area contributed by atoms with Crippen LogP contribution in [0.25, 0.3) is 10.9 Å². The summed E-state index contributed by atoms with van der Waals surface area (Å²) < 4.78 is 40.0. The topological polar surface area (TPSA) is 78.9 Å². The molecule has 0 bridgehead atoms. The molecule has 1 amide bonds. The van der Waals surface area contributed by atoms with Crippen LogP contribution in [0.5, 0.6) is 0 Å². The van der Waals surface area contributed by atoms with Crippen LogP contribution in [0.3, 0.4) is 0 Å². The Balaban J connectivity index is 1.33. The lowest BCUT2D eigenvalue weighted by Gasteiger charge is -2.26. The van der Waals surface area contributed by atoms with Crippen molar-refractivity contribution >= 4 is 45.9 Å². The molecule has 0 radical (unpaired) electrons. The highest BCUT2D eigenvalue weighted by Crippen LogP contribution is 2.34. The van der Waals surface area contributed by atoms with Crippen LogP contribution in [0.1, 0.15) is 40.7 Å². The van der Waals surface area contributed by atoms with Gasteiger partial charge in [0.1, 0.15) is 5.82 Å². The standard InChI is InChI=1S/C27H23ClF3N5O/c28-19-9-6-17(7-10-19)25(37)33-21-11-4-16(5-12-21)15-32-24-22-14-18(27(29,30)31)8-13-23(22)35-26(36-24)34-20-2-1-3-20/h4-14,20H,1-3,15H2,(H,33,37)(H2,32,34,35,36). The van der Waals surface area contributed by atoms with Gasteiger partial charge in [0, 0.05) is 34.2 Å². The van der Waals surface area contributed by atoms with Gasteiger partial charge < -0.3 is 16.0 Å². The Morgan fingerprint density at radius 1 is 0.973 bits per heavy atom. The van der Waals surface area contributed by atoms with E-state index in [0.717, 1.165) is 37.0 Å². The van der Waals surface area contributed by atoms with Crippen molar-refractivity contribution in [2.75, 3.05) is 16.0 Å².